The van der Waals surface area contributed by atoms with Gasteiger partial charge in [-0.1, -0.05) is 0 Å². The van der Waals surface area contributed by atoms with Crippen LogP contribution in [0.1, 0.15) is 13.3 Å². The van der Waals surface area contributed by atoms with Crippen LogP contribution >= 0.6 is 0 Å². The highest BCUT2D eigenvalue weighted by Gasteiger charge is 2.19. The van der Waals surface area contributed by atoms with Gasteiger partial charge in [-0.3, -0.25) is 0 Å². The Bertz CT molecular complexity index is 264. The number of aliphatic hydroxyl groups is 1. The maximum absolute atomic E-state index is 10.6. The number of primary sulfonamides is 1. The van der Waals surface area contributed by atoms with Crippen LogP contribution in [0.4, 0.5) is 0 Å². The summed E-state index contributed by atoms with van der Waals surface area (Å²) >= 11 is 0. The van der Waals surface area contributed by atoms with Crippen molar-refractivity contribution in [2.75, 3.05) is 32.6 Å². The van der Waals surface area contributed by atoms with Crippen LogP contribution in [0, 0.1) is 0 Å². The second-order valence-electron chi connectivity index (χ2n) is 3.78. The number of nitrogens with one attached hydrogen (secondary N) is 1. The van der Waals surface area contributed by atoms with Crippen molar-refractivity contribution >= 4 is 10.0 Å². The van der Waals surface area contributed by atoms with Crippen LogP contribution in [0.25, 0.3) is 0 Å². The van der Waals surface area contributed by atoms with E-state index in [1.807, 2.05) is 0 Å². The van der Waals surface area contributed by atoms with Gasteiger partial charge in [-0.05, 0) is 6.92 Å². The Morgan fingerprint density at radius 1 is 1.53 bits per heavy atom. The second kappa shape index (κ2) is 6.39. The highest BCUT2D eigenvalue weighted by molar-refractivity contribution is 7.89. The summed E-state index contributed by atoms with van der Waals surface area (Å²) < 4.78 is 26.0. The van der Waals surface area contributed by atoms with Gasteiger partial charge in [-0.25, -0.2) is 13.6 Å². The second-order valence-corrected chi connectivity index (χ2v) is 5.52. The van der Waals surface area contributed by atoms with Crippen molar-refractivity contribution in [1.82, 2.24) is 5.32 Å². The molecule has 7 heteroatoms. The molecule has 0 fully saturated rings. The molecule has 0 aliphatic carbocycles. The summed E-state index contributed by atoms with van der Waals surface area (Å²) in [6, 6.07) is 0. The van der Waals surface area contributed by atoms with Crippen molar-refractivity contribution in [3.8, 4) is 0 Å². The first-order valence-electron chi connectivity index (χ1n) is 4.69. The van der Waals surface area contributed by atoms with Crippen molar-refractivity contribution in [3.05, 3.63) is 0 Å². The van der Waals surface area contributed by atoms with Crippen LogP contribution < -0.4 is 10.5 Å². The van der Waals surface area contributed by atoms with E-state index < -0.39 is 15.6 Å². The third-order valence-electron chi connectivity index (χ3n) is 1.91. The van der Waals surface area contributed by atoms with Crippen molar-refractivity contribution < 1.29 is 18.3 Å². The Labute approximate surface area is 90.9 Å². The highest BCUT2D eigenvalue weighted by atomic mass is 32.2. The third kappa shape index (κ3) is 10.1. The Morgan fingerprint density at radius 2 is 2.13 bits per heavy atom. The molecule has 4 N–H and O–H groups in total. The predicted molar refractivity (Wildman–Crippen MR) is 58.0 cm³/mol. The van der Waals surface area contributed by atoms with Crippen LogP contribution in [-0.2, 0) is 14.8 Å². The largest absolute Gasteiger partial charge is 0.389 e. The van der Waals surface area contributed by atoms with Crippen molar-refractivity contribution in [3.63, 3.8) is 0 Å². The molecule has 0 radical (unpaired) electrons. The lowest BCUT2D eigenvalue weighted by atomic mass is 10.0. The Kier molecular flexibility index (Phi) is 6.30. The van der Waals surface area contributed by atoms with Crippen LogP contribution in [0.2, 0.25) is 0 Å². The quantitative estimate of drug-likeness (QED) is 0.455. The lowest BCUT2D eigenvalue weighted by Gasteiger charge is -2.23. The molecular weight excluding hydrogens is 220 g/mol. The molecule has 0 amide bonds. The molecule has 1 unspecified atom stereocenters. The van der Waals surface area contributed by atoms with Crippen LogP contribution in [0.15, 0.2) is 0 Å². The molecule has 0 bridgehead atoms. The van der Waals surface area contributed by atoms with E-state index in [1.165, 1.54) is 0 Å². The van der Waals surface area contributed by atoms with Crippen molar-refractivity contribution in [1.29, 1.82) is 0 Å². The zero-order valence-corrected chi connectivity index (χ0v) is 10.0. The first kappa shape index (κ1) is 14.8. The molecular formula is C8H20N2O4S. The van der Waals surface area contributed by atoms with Gasteiger partial charge in [0.1, 0.15) is 0 Å². The molecule has 0 aliphatic rings. The maximum atomic E-state index is 10.6. The average molecular weight is 240 g/mol. The summed E-state index contributed by atoms with van der Waals surface area (Å²) in [6.45, 7) is 2.67. The van der Waals surface area contributed by atoms with E-state index in [1.54, 1.807) is 14.0 Å². The zero-order valence-electron chi connectivity index (χ0n) is 9.19. The third-order valence-corrected chi connectivity index (χ3v) is 2.69. The van der Waals surface area contributed by atoms with E-state index in [2.05, 4.69) is 5.32 Å². The average Bonchev–Trinajstić information content (AvgIpc) is 2.08. The number of nitrogens with two attached hydrogens (primary N) is 1. The summed E-state index contributed by atoms with van der Waals surface area (Å²) in [7, 11) is -1.87. The number of methoxy groups -OCH3 is 1. The van der Waals surface area contributed by atoms with Gasteiger partial charge in [-0.15, -0.1) is 0 Å². The molecule has 0 aliphatic heterocycles. The topological polar surface area (TPSA) is 102 Å². The van der Waals surface area contributed by atoms with Gasteiger partial charge in [0.25, 0.3) is 0 Å². The maximum Gasteiger partial charge on any atom is 0.210 e. The smallest absolute Gasteiger partial charge is 0.210 e. The summed E-state index contributed by atoms with van der Waals surface area (Å²) in [6.07, 6.45) is 0.492. The van der Waals surface area contributed by atoms with E-state index in [0.717, 1.165) is 0 Å². The Hall–Kier alpha value is -0.210. The molecule has 0 aromatic rings. The lowest BCUT2D eigenvalue weighted by molar-refractivity contribution is 0.0254. The number of hydrogen-bond acceptors (Lipinski definition) is 5. The molecule has 0 heterocycles. The fourth-order valence-corrected chi connectivity index (χ4v) is 1.41. The minimum atomic E-state index is -3.43. The van der Waals surface area contributed by atoms with Crippen LogP contribution in [0.5, 0.6) is 0 Å². The molecule has 0 saturated carbocycles. The molecule has 0 aromatic carbocycles. The van der Waals surface area contributed by atoms with Gasteiger partial charge in [-0.2, -0.15) is 0 Å². The lowest BCUT2D eigenvalue weighted by Crippen LogP contribution is -2.40. The normalized spacial score (nSPS) is 16.3. The monoisotopic (exact) mass is 240 g/mol. The number of ether oxygens (including phenoxy) is 1. The van der Waals surface area contributed by atoms with E-state index >= 15 is 0 Å². The summed E-state index contributed by atoms with van der Waals surface area (Å²) in [5, 5.41) is 17.4. The fourth-order valence-electron chi connectivity index (χ4n) is 0.982. The fraction of sp³-hybridized carbons (Fsp3) is 1.00. The Balaban J connectivity index is 3.66. The van der Waals surface area contributed by atoms with Gasteiger partial charge >= 0.3 is 0 Å². The van der Waals surface area contributed by atoms with Crippen molar-refractivity contribution in [2.45, 2.75) is 18.9 Å². The van der Waals surface area contributed by atoms with Gasteiger partial charge in [0, 0.05) is 33.2 Å². The minimum absolute atomic E-state index is 0.132. The number of rotatable bonds is 8. The molecule has 6 nitrogen and oxygen atoms in total. The number of hydrogen-bond donors (Lipinski definition) is 3. The van der Waals surface area contributed by atoms with Gasteiger partial charge < -0.3 is 15.2 Å². The molecule has 0 rings (SSSR count). The van der Waals surface area contributed by atoms with Gasteiger partial charge in [0.15, 0.2) is 0 Å². The van der Waals surface area contributed by atoms with Crippen LogP contribution in [0.3, 0.4) is 0 Å². The van der Waals surface area contributed by atoms with E-state index in [4.69, 9.17) is 9.88 Å². The molecule has 0 spiro atoms. The van der Waals surface area contributed by atoms with E-state index in [9.17, 15) is 13.5 Å². The standard InChI is InChI=1S/C8H20N2O4S/c1-8(11,3-5-14-2)7-10-4-6-15(9,12)13/h10-11H,3-7H2,1-2H3,(H2,9,12,13). The minimum Gasteiger partial charge on any atom is -0.389 e. The molecule has 0 saturated heterocycles. The molecule has 0 aromatic heterocycles. The molecule has 1 atom stereocenters. The first-order chi connectivity index (χ1) is 6.77. The van der Waals surface area contributed by atoms with Gasteiger partial charge in [0.2, 0.25) is 10.0 Å². The first-order valence-corrected chi connectivity index (χ1v) is 6.41. The van der Waals surface area contributed by atoms with Crippen LogP contribution in [-0.4, -0.2) is 51.7 Å². The van der Waals surface area contributed by atoms with Gasteiger partial charge in [0.05, 0.1) is 11.4 Å². The summed E-state index contributed by atoms with van der Waals surface area (Å²) in [5.41, 5.74) is -0.894. The zero-order chi connectivity index (χ0) is 11.9. The molecule has 92 valence electrons. The molecule has 15 heavy (non-hydrogen) atoms. The summed E-state index contributed by atoms with van der Waals surface area (Å²) in [4.78, 5) is 0. The highest BCUT2D eigenvalue weighted by Crippen LogP contribution is 2.06. The Morgan fingerprint density at radius 3 is 2.60 bits per heavy atom. The van der Waals surface area contributed by atoms with E-state index in [0.29, 0.717) is 19.6 Å². The predicted octanol–water partition coefficient (Wildman–Crippen LogP) is -1.35. The number of sulfonamides is 1. The SMILES string of the molecule is COCCC(C)(O)CNCCS(N)(=O)=O. The van der Waals surface area contributed by atoms with Crippen molar-refractivity contribution in [2.24, 2.45) is 5.14 Å². The van der Waals surface area contributed by atoms with E-state index in [-0.39, 0.29) is 12.3 Å². The summed E-state index contributed by atoms with van der Waals surface area (Å²) in [5.74, 6) is -0.132.